The first-order valence-electron chi connectivity index (χ1n) is 5.74. The van der Waals surface area contributed by atoms with Crippen molar-refractivity contribution in [2.24, 2.45) is 0 Å². The zero-order chi connectivity index (χ0) is 14.6. The lowest BCUT2D eigenvalue weighted by Gasteiger charge is -2.11. The van der Waals surface area contributed by atoms with Crippen LogP contribution < -0.4 is 9.46 Å². The van der Waals surface area contributed by atoms with Gasteiger partial charge in [0, 0.05) is 10.7 Å². The molecule has 0 aliphatic carbocycles. The van der Waals surface area contributed by atoms with Crippen molar-refractivity contribution in [1.29, 1.82) is 0 Å². The van der Waals surface area contributed by atoms with Gasteiger partial charge in [-0.05, 0) is 27.6 Å². The molecule has 0 radical (unpaired) electrons. The van der Waals surface area contributed by atoms with Crippen LogP contribution in [-0.2, 0) is 16.6 Å². The number of halogens is 1. The molecular formula is C13H13BrN2O3S. The number of pyridine rings is 1. The van der Waals surface area contributed by atoms with E-state index in [-0.39, 0.29) is 5.88 Å². The van der Waals surface area contributed by atoms with Gasteiger partial charge in [-0.3, -0.25) is 4.72 Å². The molecule has 2 aromatic rings. The van der Waals surface area contributed by atoms with E-state index < -0.39 is 10.0 Å². The lowest BCUT2D eigenvalue weighted by Crippen LogP contribution is -2.11. The first kappa shape index (κ1) is 14.8. The minimum atomic E-state index is -3.39. The van der Waals surface area contributed by atoms with Crippen LogP contribution in [0.1, 0.15) is 5.56 Å². The van der Waals surface area contributed by atoms with E-state index >= 15 is 0 Å². The van der Waals surface area contributed by atoms with E-state index in [1.54, 1.807) is 12.3 Å². The highest BCUT2D eigenvalue weighted by molar-refractivity contribution is 9.10. The Morgan fingerprint density at radius 3 is 2.65 bits per heavy atom. The van der Waals surface area contributed by atoms with Gasteiger partial charge in [-0.2, -0.15) is 0 Å². The fourth-order valence-electron chi connectivity index (χ4n) is 1.54. The zero-order valence-corrected chi connectivity index (χ0v) is 13.1. The van der Waals surface area contributed by atoms with Crippen LogP contribution in [0.25, 0.3) is 0 Å². The van der Waals surface area contributed by atoms with Gasteiger partial charge in [-0.25, -0.2) is 13.4 Å². The maximum atomic E-state index is 11.3. The number of nitrogens with zero attached hydrogens (tertiary/aromatic N) is 1. The average molecular weight is 357 g/mol. The molecule has 5 nitrogen and oxygen atoms in total. The Morgan fingerprint density at radius 1 is 1.30 bits per heavy atom. The molecule has 1 aromatic carbocycles. The third-order valence-corrected chi connectivity index (χ3v) is 3.36. The summed E-state index contributed by atoms with van der Waals surface area (Å²) in [6.45, 7) is 0.313. The van der Waals surface area contributed by atoms with Crippen molar-refractivity contribution in [2.75, 3.05) is 11.0 Å². The monoisotopic (exact) mass is 356 g/mol. The minimum absolute atomic E-state index is 0.238. The van der Waals surface area contributed by atoms with Gasteiger partial charge in [0.25, 0.3) is 0 Å². The predicted octanol–water partition coefficient (Wildman–Crippen LogP) is 2.79. The van der Waals surface area contributed by atoms with Crippen LogP contribution >= 0.6 is 15.9 Å². The zero-order valence-electron chi connectivity index (χ0n) is 10.7. The summed E-state index contributed by atoms with van der Waals surface area (Å²) in [6, 6.07) is 11.2. The van der Waals surface area contributed by atoms with Crippen molar-refractivity contribution in [2.45, 2.75) is 6.61 Å². The number of hydrogen-bond acceptors (Lipinski definition) is 4. The number of anilines is 1. The molecule has 7 heteroatoms. The van der Waals surface area contributed by atoms with Crippen LogP contribution in [0.3, 0.4) is 0 Å². The first-order valence-corrected chi connectivity index (χ1v) is 8.42. The molecule has 0 amide bonds. The SMILES string of the molecule is CS(=O)(=O)Nc1cc(Br)cnc1OCc1ccccc1. The second kappa shape index (κ2) is 6.23. The largest absolute Gasteiger partial charge is 0.471 e. The van der Waals surface area contributed by atoms with Crippen LogP contribution in [0.15, 0.2) is 47.1 Å². The number of rotatable bonds is 5. The topological polar surface area (TPSA) is 68.3 Å². The summed E-state index contributed by atoms with van der Waals surface area (Å²) in [5, 5.41) is 0. The standard InChI is InChI=1S/C13H13BrN2O3S/c1-20(17,18)16-12-7-11(14)8-15-13(12)19-9-10-5-3-2-4-6-10/h2-8,16H,9H2,1H3. The second-order valence-corrected chi connectivity index (χ2v) is 6.82. The van der Waals surface area contributed by atoms with E-state index in [0.717, 1.165) is 11.8 Å². The number of nitrogens with one attached hydrogen (secondary N) is 1. The van der Waals surface area contributed by atoms with Crippen molar-refractivity contribution in [3.8, 4) is 5.88 Å². The van der Waals surface area contributed by atoms with Gasteiger partial charge >= 0.3 is 0 Å². The maximum Gasteiger partial charge on any atom is 0.238 e. The third kappa shape index (κ3) is 4.50. The van der Waals surface area contributed by atoms with Gasteiger partial charge in [0.2, 0.25) is 15.9 Å². The van der Waals surface area contributed by atoms with Crippen LogP contribution in [-0.4, -0.2) is 19.7 Å². The Bertz CT molecular complexity index is 690. The Balaban J connectivity index is 2.18. The average Bonchev–Trinajstić information content (AvgIpc) is 2.37. The molecule has 0 spiro atoms. The van der Waals surface area contributed by atoms with E-state index in [9.17, 15) is 8.42 Å². The van der Waals surface area contributed by atoms with Crippen LogP contribution in [0.4, 0.5) is 5.69 Å². The van der Waals surface area contributed by atoms with E-state index in [0.29, 0.717) is 16.8 Å². The maximum absolute atomic E-state index is 11.3. The smallest absolute Gasteiger partial charge is 0.238 e. The number of sulfonamides is 1. The van der Waals surface area contributed by atoms with Crippen molar-refractivity contribution >= 4 is 31.6 Å². The Kier molecular flexibility index (Phi) is 4.61. The molecule has 0 unspecified atom stereocenters. The van der Waals surface area contributed by atoms with Crippen LogP contribution in [0, 0.1) is 0 Å². The molecule has 0 aliphatic heterocycles. The Morgan fingerprint density at radius 2 is 2.00 bits per heavy atom. The molecular weight excluding hydrogens is 344 g/mol. The van der Waals surface area contributed by atoms with Gasteiger partial charge in [-0.1, -0.05) is 30.3 Å². The van der Waals surface area contributed by atoms with E-state index in [1.165, 1.54) is 0 Å². The summed E-state index contributed by atoms with van der Waals surface area (Å²) < 4.78 is 31.3. The molecule has 106 valence electrons. The summed E-state index contributed by atoms with van der Waals surface area (Å²) in [7, 11) is -3.39. The molecule has 0 bridgehead atoms. The Hall–Kier alpha value is -1.60. The quantitative estimate of drug-likeness (QED) is 0.894. The summed E-state index contributed by atoms with van der Waals surface area (Å²) in [5.74, 6) is 0.238. The van der Waals surface area contributed by atoms with Crippen molar-refractivity contribution < 1.29 is 13.2 Å². The molecule has 1 heterocycles. The summed E-state index contributed by atoms with van der Waals surface area (Å²) >= 11 is 3.25. The van der Waals surface area contributed by atoms with Crippen molar-refractivity contribution in [1.82, 2.24) is 4.98 Å². The summed E-state index contributed by atoms with van der Waals surface area (Å²) in [4.78, 5) is 4.08. The molecule has 2 rings (SSSR count). The minimum Gasteiger partial charge on any atom is -0.471 e. The van der Waals surface area contributed by atoms with Crippen LogP contribution in [0.2, 0.25) is 0 Å². The van der Waals surface area contributed by atoms with E-state index in [2.05, 4.69) is 25.6 Å². The fraction of sp³-hybridized carbons (Fsp3) is 0.154. The number of hydrogen-bond donors (Lipinski definition) is 1. The van der Waals surface area contributed by atoms with E-state index in [1.807, 2.05) is 30.3 Å². The van der Waals surface area contributed by atoms with Gasteiger partial charge in [0.15, 0.2) is 0 Å². The molecule has 1 N–H and O–H groups in total. The molecule has 0 saturated carbocycles. The lowest BCUT2D eigenvalue weighted by molar-refractivity contribution is 0.295. The van der Waals surface area contributed by atoms with Gasteiger partial charge in [0.1, 0.15) is 12.3 Å². The van der Waals surface area contributed by atoms with Gasteiger partial charge < -0.3 is 4.74 Å². The Labute approximate surface area is 126 Å². The number of benzene rings is 1. The number of ether oxygens (including phenoxy) is 1. The summed E-state index contributed by atoms with van der Waals surface area (Å²) in [6.07, 6.45) is 2.63. The predicted molar refractivity (Wildman–Crippen MR) is 81.2 cm³/mol. The highest BCUT2D eigenvalue weighted by Crippen LogP contribution is 2.26. The molecule has 1 aromatic heterocycles. The first-order chi connectivity index (χ1) is 9.44. The summed E-state index contributed by atoms with van der Waals surface area (Å²) in [5.41, 5.74) is 1.28. The molecule has 0 fully saturated rings. The van der Waals surface area contributed by atoms with Crippen molar-refractivity contribution in [3.05, 3.63) is 52.6 Å². The van der Waals surface area contributed by atoms with Gasteiger partial charge in [0.05, 0.1) is 6.26 Å². The molecule has 0 saturated heterocycles. The molecule has 0 aliphatic rings. The second-order valence-electron chi connectivity index (χ2n) is 4.15. The fourth-order valence-corrected chi connectivity index (χ4v) is 2.42. The van der Waals surface area contributed by atoms with Crippen molar-refractivity contribution in [3.63, 3.8) is 0 Å². The number of aromatic nitrogens is 1. The lowest BCUT2D eigenvalue weighted by atomic mass is 10.2. The van der Waals surface area contributed by atoms with E-state index in [4.69, 9.17) is 4.74 Å². The molecule has 20 heavy (non-hydrogen) atoms. The van der Waals surface area contributed by atoms with Crippen LogP contribution in [0.5, 0.6) is 5.88 Å². The normalized spacial score (nSPS) is 11.1. The highest BCUT2D eigenvalue weighted by Gasteiger charge is 2.11. The third-order valence-electron chi connectivity index (χ3n) is 2.33. The highest BCUT2D eigenvalue weighted by atomic mass is 79.9. The molecule has 0 atom stereocenters. The van der Waals surface area contributed by atoms with Gasteiger partial charge in [-0.15, -0.1) is 0 Å².